The molecule has 0 saturated carbocycles. The largest absolute Gasteiger partial charge is 0.416 e. The molecule has 0 aliphatic rings. The number of fused-ring (bicyclic) bond motifs is 1. The van der Waals surface area contributed by atoms with Crippen molar-refractivity contribution in [1.29, 1.82) is 0 Å². The predicted molar refractivity (Wildman–Crippen MR) is 94.8 cm³/mol. The predicted octanol–water partition coefficient (Wildman–Crippen LogP) is 6.09. The maximum absolute atomic E-state index is 13.1. The summed E-state index contributed by atoms with van der Waals surface area (Å²) in [5, 5.41) is 7.82. The Morgan fingerprint density at radius 3 is 2.48 bits per heavy atom. The van der Waals surface area contributed by atoms with Crippen LogP contribution in [0.2, 0.25) is 0 Å². The number of aromatic nitrogens is 2. The van der Waals surface area contributed by atoms with Crippen molar-refractivity contribution in [2.75, 3.05) is 0 Å². The van der Waals surface area contributed by atoms with Crippen molar-refractivity contribution in [2.45, 2.75) is 19.0 Å². The SMILES string of the molecule is C=C(CCC(=C)c1ccccc1C(F)(F)F)c1ccc2[nH]ncc2c1. The summed E-state index contributed by atoms with van der Waals surface area (Å²) in [6, 6.07) is 11.3. The van der Waals surface area contributed by atoms with Crippen molar-refractivity contribution in [2.24, 2.45) is 0 Å². The van der Waals surface area contributed by atoms with Gasteiger partial charge in [0.2, 0.25) is 0 Å². The Kier molecular flexibility index (Phi) is 4.49. The Hall–Kier alpha value is -2.82. The van der Waals surface area contributed by atoms with Gasteiger partial charge in [0.05, 0.1) is 17.3 Å². The number of hydrogen-bond acceptors (Lipinski definition) is 1. The molecule has 0 bridgehead atoms. The lowest BCUT2D eigenvalue weighted by molar-refractivity contribution is -0.137. The van der Waals surface area contributed by atoms with Gasteiger partial charge in [-0.15, -0.1) is 0 Å². The van der Waals surface area contributed by atoms with Crippen LogP contribution in [-0.2, 0) is 6.18 Å². The average molecular weight is 342 g/mol. The van der Waals surface area contributed by atoms with Crippen LogP contribution in [0.25, 0.3) is 22.0 Å². The van der Waals surface area contributed by atoms with Gasteiger partial charge >= 0.3 is 6.18 Å². The number of nitrogens with zero attached hydrogens (tertiary/aromatic N) is 1. The van der Waals surface area contributed by atoms with Gasteiger partial charge in [0, 0.05) is 5.39 Å². The van der Waals surface area contributed by atoms with E-state index in [-0.39, 0.29) is 5.56 Å². The third-order valence-electron chi connectivity index (χ3n) is 4.19. The van der Waals surface area contributed by atoms with Gasteiger partial charge in [-0.1, -0.05) is 37.4 Å². The Bertz CT molecular complexity index is 935. The molecule has 3 aromatic rings. The molecule has 1 N–H and O–H groups in total. The molecule has 0 atom stereocenters. The Morgan fingerprint density at radius 1 is 1.00 bits per heavy atom. The fourth-order valence-corrected chi connectivity index (χ4v) is 2.78. The molecule has 128 valence electrons. The number of H-pyrrole nitrogens is 1. The zero-order valence-corrected chi connectivity index (χ0v) is 13.5. The Morgan fingerprint density at radius 2 is 1.72 bits per heavy atom. The number of alkyl halides is 3. The monoisotopic (exact) mass is 342 g/mol. The zero-order valence-electron chi connectivity index (χ0n) is 13.5. The molecule has 2 aromatic carbocycles. The second-order valence-corrected chi connectivity index (χ2v) is 5.92. The molecule has 0 radical (unpaired) electrons. The van der Waals surface area contributed by atoms with Gasteiger partial charge in [0.1, 0.15) is 0 Å². The standard InChI is InChI=1S/C20H17F3N2/c1-13(15-9-10-19-16(11-15)12-24-25-19)7-8-14(2)17-5-3-4-6-18(17)20(21,22)23/h3-6,9-12H,1-2,7-8H2,(H,24,25). The highest BCUT2D eigenvalue weighted by Gasteiger charge is 2.33. The van der Waals surface area contributed by atoms with E-state index in [0.29, 0.717) is 18.4 Å². The Balaban J connectivity index is 1.73. The lowest BCUT2D eigenvalue weighted by Crippen LogP contribution is -2.08. The topological polar surface area (TPSA) is 28.7 Å². The van der Waals surface area contributed by atoms with Crippen molar-refractivity contribution in [3.63, 3.8) is 0 Å². The van der Waals surface area contributed by atoms with Crippen LogP contribution in [0.1, 0.15) is 29.5 Å². The Labute approximate surface area is 143 Å². The van der Waals surface area contributed by atoms with Gasteiger partial charge in [-0.05, 0) is 53.3 Å². The van der Waals surface area contributed by atoms with E-state index in [0.717, 1.165) is 28.1 Å². The number of aromatic amines is 1. The average Bonchev–Trinajstić information content (AvgIpc) is 3.06. The number of hydrogen-bond donors (Lipinski definition) is 1. The molecule has 5 heteroatoms. The summed E-state index contributed by atoms with van der Waals surface area (Å²) < 4.78 is 39.4. The summed E-state index contributed by atoms with van der Waals surface area (Å²) in [4.78, 5) is 0. The van der Waals surface area contributed by atoms with Gasteiger partial charge in [0.15, 0.2) is 0 Å². The van der Waals surface area contributed by atoms with Gasteiger partial charge in [0.25, 0.3) is 0 Å². The first-order chi connectivity index (χ1) is 11.9. The van der Waals surface area contributed by atoms with E-state index in [1.165, 1.54) is 12.1 Å². The molecule has 0 spiro atoms. The first-order valence-electron chi connectivity index (χ1n) is 7.82. The molecule has 0 unspecified atom stereocenters. The van der Waals surface area contributed by atoms with Gasteiger partial charge in [-0.25, -0.2) is 0 Å². The van der Waals surface area contributed by atoms with Crippen molar-refractivity contribution < 1.29 is 13.2 Å². The highest BCUT2D eigenvalue weighted by molar-refractivity contribution is 5.83. The molecule has 0 amide bonds. The van der Waals surface area contributed by atoms with E-state index >= 15 is 0 Å². The summed E-state index contributed by atoms with van der Waals surface area (Å²) in [5.74, 6) is 0. The van der Waals surface area contributed by atoms with Gasteiger partial charge < -0.3 is 0 Å². The summed E-state index contributed by atoms with van der Waals surface area (Å²) in [7, 11) is 0. The second-order valence-electron chi connectivity index (χ2n) is 5.92. The smallest absolute Gasteiger partial charge is 0.278 e. The summed E-state index contributed by atoms with van der Waals surface area (Å²) in [6.07, 6.45) is -1.71. The van der Waals surface area contributed by atoms with E-state index in [9.17, 15) is 13.2 Å². The number of benzene rings is 2. The molecule has 25 heavy (non-hydrogen) atoms. The quantitative estimate of drug-likeness (QED) is 0.597. The molecule has 0 saturated heterocycles. The van der Waals surface area contributed by atoms with E-state index in [1.807, 2.05) is 18.2 Å². The molecule has 1 aromatic heterocycles. The van der Waals surface area contributed by atoms with Crippen LogP contribution < -0.4 is 0 Å². The van der Waals surface area contributed by atoms with Crippen LogP contribution in [0.15, 0.2) is 61.8 Å². The maximum atomic E-state index is 13.1. The number of rotatable bonds is 5. The summed E-state index contributed by atoms with van der Waals surface area (Å²) >= 11 is 0. The van der Waals surface area contributed by atoms with Crippen LogP contribution in [0.3, 0.4) is 0 Å². The molecular formula is C20H17F3N2. The number of nitrogens with one attached hydrogen (secondary N) is 1. The van der Waals surface area contributed by atoms with Gasteiger partial charge in [-0.3, -0.25) is 5.10 Å². The minimum atomic E-state index is -4.39. The molecule has 2 nitrogen and oxygen atoms in total. The summed E-state index contributed by atoms with van der Waals surface area (Å²) in [5.41, 5.74) is 2.69. The molecule has 3 rings (SSSR count). The lowest BCUT2D eigenvalue weighted by Gasteiger charge is -2.15. The first kappa shape index (κ1) is 17.0. The van der Waals surface area contributed by atoms with Crippen LogP contribution in [0, 0.1) is 0 Å². The highest BCUT2D eigenvalue weighted by atomic mass is 19.4. The third kappa shape index (κ3) is 3.65. The van der Waals surface area contributed by atoms with Crippen molar-refractivity contribution in [3.8, 4) is 0 Å². The van der Waals surface area contributed by atoms with Crippen LogP contribution >= 0.6 is 0 Å². The second kappa shape index (κ2) is 6.59. The van der Waals surface area contributed by atoms with Crippen LogP contribution in [0.5, 0.6) is 0 Å². The molecule has 0 aliphatic heterocycles. The highest BCUT2D eigenvalue weighted by Crippen LogP contribution is 2.36. The minimum Gasteiger partial charge on any atom is -0.278 e. The fourth-order valence-electron chi connectivity index (χ4n) is 2.78. The fraction of sp³-hybridized carbons (Fsp3) is 0.150. The zero-order chi connectivity index (χ0) is 18.0. The van der Waals surface area contributed by atoms with E-state index in [4.69, 9.17) is 0 Å². The number of allylic oxidation sites excluding steroid dienone is 2. The number of halogens is 3. The molecular weight excluding hydrogens is 325 g/mol. The van der Waals surface area contributed by atoms with Crippen molar-refractivity contribution in [3.05, 3.63) is 78.5 Å². The third-order valence-corrected chi connectivity index (χ3v) is 4.19. The molecule has 1 heterocycles. The maximum Gasteiger partial charge on any atom is 0.416 e. The lowest BCUT2D eigenvalue weighted by atomic mass is 9.93. The molecule has 0 aliphatic carbocycles. The van der Waals surface area contributed by atoms with E-state index in [1.54, 1.807) is 12.3 Å². The minimum absolute atomic E-state index is 0.146. The van der Waals surface area contributed by atoms with Crippen LogP contribution in [-0.4, -0.2) is 10.2 Å². The van der Waals surface area contributed by atoms with Crippen LogP contribution in [0.4, 0.5) is 13.2 Å². The summed E-state index contributed by atoms with van der Waals surface area (Å²) in [6.45, 7) is 7.91. The van der Waals surface area contributed by atoms with Crippen molar-refractivity contribution >= 4 is 22.0 Å². The van der Waals surface area contributed by atoms with Crippen molar-refractivity contribution in [1.82, 2.24) is 10.2 Å². The van der Waals surface area contributed by atoms with E-state index in [2.05, 4.69) is 23.4 Å². The molecule has 0 fully saturated rings. The van der Waals surface area contributed by atoms with Gasteiger partial charge in [-0.2, -0.15) is 18.3 Å². The normalized spacial score (nSPS) is 11.6. The first-order valence-corrected chi connectivity index (χ1v) is 7.82. The van der Waals surface area contributed by atoms with E-state index < -0.39 is 11.7 Å².